The molecule has 1 aliphatic heterocycles. The van der Waals surface area contributed by atoms with E-state index in [1.54, 1.807) is 11.9 Å². The topological polar surface area (TPSA) is 32.3 Å². The lowest BCUT2D eigenvalue weighted by molar-refractivity contribution is -0.137. The van der Waals surface area contributed by atoms with E-state index < -0.39 is 23.2 Å². The minimum atomic E-state index is -4.40. The van der Waals surface area contributed by atoms with Gasteiger partial charge in [-0.1, -0.05) is 55.5 Å². The molecule has 3 aromatic rings. The van der Waals surface area contributed by atoms with Gasteiger partial charge in [0.1, 0.15) is 5.41 Å². The first-order chi connectivity index (χ1) is 14.8. The van der Waals surface area contributed by atoms with Crippen molar-refractivity contribution in [2.75, 3.05) is 17.3 Å². The normalized spacial score (nSPS) is 19.3. The van der Waals surface area contributed by atoms with Crippen LogP contribution < -0.4 is 10.2 Å². The third kappa shape index (κ3) is 3.46. The van der Waals surface area contributed by atoms with E-state index in [1.807, 2.05) is 61.5 Å². The molecule has 0 unspecified atom stereocenters. The number of nitrogens with zero attached hydrogens (tertiary/aromatic N) is 1. The Hall–Kier alpha value is -3.28. The Bertz CT molecular complexity index is 1080. The maximum Gasteiger partial charge on any atom is 0.416 e. The maximum atomic E-state index is 13.6. The van der Waals surface area contributed by atoms with Crippen molar-refractivity contribution in [1.82, 2.24) is 0 Å². The van der Waals surface area contributed by atoms with E-state index in [1.165, 1.54) is 12.1 Å². The fourth-order valence-corrected chi connectivity index (χ4v) is 4.55. The molecule has 1 aliphatic rings. The van der Waals surface area contributed by atoms with Crippen molar-refractivity contribution in [2.45, 2.75) is 31.0 Å². The Morgan fingerprint density at radius 2 is 1.55 bits per heavy atom. The van der Waals surface area contributed by atoms with Crippen LogP contribution in [0.2, 0.25) is 0 Å². The molecule has 4 rings (SSSR count). The smallest absolute Gasteiger partial charge is 0.377 e. The van der Waals surface area contributed by atoms with E-state index in [2.05, 4.69) is 5.32 Å². The van der Waals surface area contributed by atoms with E-state index in [0.29, 0.717) is 12.1 Å². The number of nitrogens with one attached hydrogen (secondary N) is 1. The number of amides is 1. The summed E-state index contributed by atoms with van der Waals surface area (Å²) >= 11 is 0. The molecular weight excluding hydrogens is 401 g/mol. The van der Waals surface area contributed by atoms with Gasteiger partial charge in [-0.15, -0.1) is 0 Å². The van der Waals surface area contributed by atoms with Crippen molar-refractivity contribution < 1.29 is 18.0 Å². The second kappa shape index (κ2) is 7.76. The van der Waals surface area contributed by atoms with Crippen LogP contribution in [0.15, 0.2) is 78.9 Å². The number of hydrogen-bond acceptors (Lipinski definition) is 2. The third-order valence-corrected chi connectivity index (χ3v) is 6.14. The van der Waals surface area contributed by atoms with Crippen molar-refractivity contribution in [2.24, 2.45) is 0 Å². The Kier molecular flexibility index (Phi) is 5.25. The quantitative estimate of drug-likeness (QED) is 0.530. The highest BCUT2D eigenvalue weighted by atomic mass is 19.4. The van der Waals surface area contributed by atoms with Gasteiger partial charge in [0, 0.05) is 18.4 Å². The predicted molar refractivity (Wildman–Crippen MR) is 116 cm³/mol. The highest BCUT2D eigenvalue weighted by Crippen LogP contribution is 2.51. The van der Waals surface area contributed by atoms with Gasteiger partial charge >= 0.3 is 6.18 Å². The van der Waals surface area contributed by atoms with Crippen LogP contribution in [0.25, 0.3) is 0 Å². The lowest BCUT2D eigenvalue weighted by atomic mass is 9.70. The summed E-state index contributed by atoms with van der Waals surface area (Å²) in [4.78, 5) is 15.3. The van der Waals surface area contributed by atoms with Gasteiger partial charge in [-0.25, -0.2) is 0 Å². The van der Waals surface area contributed by atoms with Gasteiger partial charge in [0.15, 0.2) is 0 Å². The highest BCUT2D eigenvalue weighted by Gasteiger charge is 2.54. The Balaban J connectivity index is 1.84. The van der Waals surface area contributed by atoms with Gasteiger partial charge in [-0.05, 0) is 47.9 Å². The van der Waals surface area contributed by atoms with Crippen LogP contribution in [0.5, 0.6) is 0 Å². The van der Waals surface area contributed by atoms with Gasteiger partial charge in [0.2, 0.25) is 5.91 Å². The van der Waals surface area contributed by atoms with E-state index in [9.17, 15) is 18.0 Å². The van der Waals surface area contributed by atoms with E-state index >= 15 is 0 Å². The molecule has 0 saturated carbocycles. The summed E-state index contributed by atoms with van der Waals surface area (Å²) in [5, 5.41) is 3.38. The molecule has 0 radical (unpaired) electrons. The lowest BCUT2D eigenvalue weighted by Gasteiger charge is -2.37. The zero-order chi connectivity index (χ0) is 22.2. The van der Waals surface area contributed by atoms with Crippen molar-refractivity contribution >= 4 is 17.3 Å². The molecule has 1 N–H and O–H groups in total. The molecule has 31 heavy (non-hydrogen) atoms. The molecule has 0 bridgehead atoms. The molecule has 160 valence electrons. The van der Waals surface area contributed by atoms with Crippen LogP contribution in [0.4, 0.5) is 24.5 Å². The van der Waals surface area contributed by atoms with Crippen LogP contribution in [-0.2, 0) is 16.4 Å². The van der Waals surface area contributed by atoms with Gasteiger partial charge in [-0.2, -0.15) is 13.2 Å². The van der Waals surface area contributed by atoms with Gasteiger partial charge in [0.05, 0.1) is 11.6 Å². The molecule has 0 spiro atoms. The fraction of sp³-hybridized carbons (Fsp3) is 0.240. The largest absolute Gasteiger partial charge is 0.416 e. The lowest BCUT2D eigenvalue weighted by Crippen LogP contribution is -2.45. The minimum absolute atomic E-state index is 0.0375. The number of fused-ring (bicyclic) bond motifs is 1. The molecule has 0 fully saturated rings. The summed E-state index contributed by atoms with van der Waals surface area (Å²) in [7, 11) is 1.76. The third-order valence-electron chi connectivity index (χ3n) is 6.14. The standard InChI is InChI=1S/C25H23F3N2O/c1-3-24(20-11-7-8-12-21(20)30(2)23(24)31)22(17-9-5-4-6-10-17)29-19-15-13-18(14-16-19)25(26,27)28/h4-16,22,29H,3H2,1-2H3/t22-,24+/m0/s1. The second-order valence-electron chi connectivity index (χ2n) is 7.77. The van der Waals surface area contributed by atoms with Crippen molar-refractivity contribution in [3.05, 3.63) is 95.6 Å². The SMILES string of the molecule is CC[C@@]1([C@@H](Nc2ccc(C(F)(F)F)cc2)c2ccccc2)C(=O)N(C)c2ccccc21. The number of rotatable bonds is 5. The number of para-hydroxylation sites is 1. The van der Waals surface area contributed by atoms with Crippen LogP contribution in [0.1, 0.15) is 36.1 Å². The number of carbonyl (C=O) groups is 1. The fourth-order valence-electron chi connectivity index (χ4n) is 4.55. The van der Waals surface area contributed by atoms with E-state index in [-0.39, 0.29) is 5.91 Å². The molecule has 0 saturated heterocycles. The monoisotopic (exact) mass is 424 g/mol. The molecule has 1 heterocycles. The second-order valence-corrected chi connectivity index (χ2v) is 7.77. The van der Waals surface area contributed by atoms with Gasteiger partial charge in [-0.3, -0.25) is 4.79 Å². The summed E-state index contributed by atoms with van der Waals surface area (Å²) < 4.78 is 39.0. The summed E-state index contributed by atoms with van der Waals surface area (Å²) in [6.45, 7) is 1.97. The minimum Gasteiger partial charge on any atom is -0.377 e. The molecular formula is C25H23F3N2O. The van der Waals surface area contributed by atoms with Gasteiger partial charge in [0.25, 0.3) is 0 Å². The van der Waals surface area contributed by atoms with Crippen LogP contribution in [0, 0.1) is 0 Å². The predicted octanol–water partition coefficient (Wildman–Crippen LogP) is 6.18. The highest BCUT2D eigenvalue weighted by molar-refractivity contribution is 6.08. The first-order valence-corrected chi connectivity index (χ1v) is 10.2. The Labute approximate surface area is 179 Å². The van der Waals surface area contributed by atoms with Gasteiger partial charge < -0.3 is 10.2 Å². The number of hydrogen-bond donors (Lipinski definition) is 1. The zero-order valence-electron chi connectivity index (χ0n) is 17.3. The zero-order valence-corrected chi connectivity index (χ0v) is 17.3. The molecule has 0 aliphatic carbocycles. The van der Waals surface area contributed by atoms with Crippen molar-refractivity contribution in [3.63, 3.8) is 0 Å². The Morgan fingerprint density at radius 3 is 2.16 bits per heavy atom. The number of carbonyl (C=O) groups excluding carboxylic acids is 1. The summed E-state index contributed by atoms with van der Waals surface area (Å²) in [5.74, 6) is -0.0375. The van der Waals surface area contributed by atoms with Crippen molar-refractivity contribution in [3.8, 4) is 0 Å². The first kappa shape index (κ1) is 21.0. The number of alkyl halides is 3. The number of benzene rings is 3. The van der Waals surface area contributed by atoms with Crippen LogP contribution in [-0.4, -0.2) is 13.0 Å². The molecule has 2 atom stereocenters. The van der Waals surface area contributed by atoms with E-state index in [4.69, 9.17) is 0 Å². The molecule has 0 aromatic heterocycles. The van der Waals surface area contributed by atoms with Crippen LogP contribution in [0.3, 0.4) is 0 Å². The molecule has 6 heteroatoms. The number of halogens is 3. The van der Waals surface area contributed by atoms with E-state index in [0.717, 1.165) is 28.9 Å². The van der Waals surface area contributed by atoms with Crippen molar-refractivity contribution in [1.29, 1.82) is 0 Å². The first-order valence-electron chi connectivity index (χ1n) is 10.2. The summed E-state index contributed by atoms with van der Waals surface area (Å²) in [6, 6.07) is 21.7. The maximum absolute atomic E-state index is 13.6. The summed E-state index contributed by atoms with van der Waals surface area (Å²) in [6.07, 6.45) is -3.87. The molecule has 3 aromatic carbocycles. The molecule has 1 amide bonds. The number of likely N-dealkylation sites (N-methyl/N-ethyl adjacent to an activating group) is 1. The average molecular weight is 424 g/mol. The molecule has 3 nitrogen and oxygen atoms in total. The Morgan fingerprint density at radius 1 is 0.935 bits per heavy atom. The van der Waals surface area contributed by atoms with Crippen LogP contribution >= 0.6 is 0 Å². The number of anilines is 2. The average Bonchev–Trinajstić information content (AvgIpc) is 3.00. The summed E-state index contributed by atoms with van der Waals surface area (Å²) in [5.41, 5.74) is 1.58.